The molecule has 0 bridgehead atoms. The zero-order valence-corrected chi connectivity index (χ0v) is 16.2. The highest BCUT2D eigenvalue weighted by Crippen LogP contribution is 2.33. The minimum Gasteiger partial charge on any atom is -0.450 e. The molecule has 0 fully saturated rings. The molecule has 6 nitrogen and oxygen atoms in total. The number of anilines is 1. The van der Waals surface area contributed by atoms with Gasteiger partial charge in [-0.1, -0.05) is 12.1 Å². The van der Waals surface area contributed by atoms with E-state index in [1.807, 2.05) is 18.2 Å². The normalized spacial score (nSPS) is 14.0. The average molecular weight is 435 g/mol. The minimum atomic E-state index is -3.51. The molecule has 0 atom stereocenters. The van der Waals surface area contributed by atoms with Crippen molar-refractivity contribution in [2.75, 3.05) is 18.5 Å². The van der Waals surface area contributed by atoms with Gasteiger partial charge in [-0.05, 0) is 65.3 Å². The number of nitrogens with one attached hydrogen (secondary N) is 1. The first-order chi connectivity index (χ1) is 12.4. The van der Waals surface area contributed by atoms with E-state index < -0.39 is 10.0 Å². The fraction of sp³-hybridized carbons (Fsp3) is 0.167. The number of para-hydroxylation sites is 1. The Kier molecular flexibility index (Phi) is 4.13. The average Bonchev–Trinajstić information content (AvgIpc) is 3.25. The Morgan fingerprint density at radius 3 is 2.77 bits per heavy atom. The van der Waals surface area contributed by atoms with Crippen molar-refractivity contribution in [2.24, 2.45) is 0 Å². The number of amides is 1. The van der Waals surface area contributed by atoms with Crippen LogP contribution in [0.1, 0.15) is 16.1 Å². The summed E-state index contributed by atoms with van der Waals surface area (Å²) >= 11 is 3.42. The summed E-state index contributed by atoms with van der Waals surface area (Å²) in [6, 6.07) is 12.1. The molecule has 2 aromatic carbocycles. The van der Waals surface area contributed by atoms with Crippen LogP contribution in [0.15, 0.2) is 56.2 Å². The molecular formula is C18H15BrN2O4S. The molecule has 1 aromatic heterocycles. The number of carbonyl (C=O) groups is 1. The maximum atomic E-state index is 12.9. The van der Waals surface area contributed by atoms with E-state index in [0.29, 0.717) is 24.2 Å². The lowest BCUT2D eigenvalue weighted by molar-refractivity contribution is 0.0965. The Balaban J connectivity index is 1.70. The molecule has 0 unspecified atom stereocenters. The first-order valence-electron chi connectivity index (χ1n) is 7.97. The lowest BCUT2D eigenvalue weighted by atomic mass is 10.2. The summed E-state index contributed by atoms with van der Waals surface area (Å²) < 4.78 is 32.7. The number of nitrogens with zero attached hydrogens (tertiary/aromatic N) is 1. The lowest BCUT2D eigenvalue weighted by Gasteiger charge is -2.16. The van der Waals surface area contributed by atoms with E-state index in [1.54, 1.807) is 23.1 Å². The highest BCUT2D eigenvalue weighted by atomic mass is 79.9. The summed E-state index contributed by atoms with van der Waals surface area (Å²) in [6.45, 7) is 0.482. The molecule has 0 saturated carbocycles. The zero-order valence-electron chi connectivity index (χ0n) is 13.8. The van der Waals surface area contributed by atoms with E-state index in [2.05, 4.69) is 20.7 Å². The van der Waals surface area contributed by atoms with E-state index in [1.165, 1.54) is 13.1 Å². The molecule has 1 amide bonds. The SMILES string of the molecule is CNS(=O)(=O)c1ccc2c(c1)CCN2C(=O)c1cc2cccc(Br)c2o1. The Bertz CT molecular complexity index is 1140. The number of carbonyl (C=O) groups excluding carboxylic acids is 1. The molecule has 0 radical (unpaired) electrons. The topological polar surface area (TPSA) is 79.6 Å². The number of rotatable bonds is 3. The fourth-order valence-corrected chi connectivity index (χ4v) is 4.38. The van der Waals surface area contributed by atoms with E-state index in [9.17, 15) is 13.2 Å². The summed E-state index contributed by atoms with van der Waals surface area (Å²) in [5.74, 6) is 0.0164. The third-order valence-electron chi connectivity index (χ3n) is 4.48. The highest BCUT2D eigenvalue weighted by Gasteiger charge is 2.29. The number of furan rings is 1. The van der Waals surface area contributed by atoms with Crippen molar-refractivity contribution in [1.82, 2.24) is 4.72 Å². The van der Waals surface area contributed by atoms with Gasteiger partial charge >= 0.3 is 0 Å². The minimum absolute atomic E-state index is 0.195. The van der Waals surface area contributed by atoms with Gasteiger partial charge in [0.1, 0.15) is 5.58 Å². The van der Waals surface area contributed by atoms with Crippen molar-refractivity contribution >= 4 is 48.5 Å². The van der Waals surface area contributed by atoms with Crippen molar-refractivity contribution in [1.29, 1.82) is 0 Å². The first kappa shape index (κ1) is 17.3. The van der Waals surface area contributed by atoms with Gasteiger partial charge in [-0.25, -0.2) is 13.1 Å². The smallest absolute Gasteiger partial charge is 0.294 e. The molecule has 0 aliphatic carbocycles. The van der Waals surface area contributed by atoms with Crippen molar-refractivity contribution in [3.8, 4) is 0 Å². The Hall–Kier alpha value is -2.16. The number of halogens is 1. The standard InChI is InChI=1S/C18H15BrN2O4S/c1-20-26(23,24)13-5-6-15-11(9-13)7-8-21(15)18(22)16-10-12-3-2-4-14(19)17(12)25-16/h2-6,9-10,20H,7-8H2,1H3. The van der Waals surface area contributed by atoms with Crippen molar-refractivity contribution in [3.63, 3.8) is 0 Å². The van der Waals surface area contributed by atoms with Crippen LogP contribution in [0.4, 0.5) is 5.69 Å². The van der Waals surface area contributed by atoms with Gasteiger partial charge < -0.3 is 9.32 Å². The van der Waals surface area contributed by atoms with Crippen LogP contribution in [0.25, 0.3) is 11.0 Å². The van der Waals surface area contributed by atoms with E-state index >= 15 is 0 Å². The number of hydrogen-bond donors (Lipinski definition) is 1. The second-order valence-electron chi connectivity index (χ2n) is 5.97. The zero-order chi connectivity index (χ0) is 18.5. The third kappa shape index (κ3) is 2.74. The fourth-order valence-electron chi connectivity index (χ4n) is 3.14. The number of hydrogen-bond acceptors (Lipinski definition) is 4. The Labute approximate surface area is 159 Å². The van der Waals surface area contributed by atoms with Crippen LogP contribution >= 0.6 is 15.9 Å². The summed E-state index contributed by atoms with van der Waals surface area (Å²) in [4.78, 5) is 14.7. The van der Waals surface area contributed by atoms with Crippen LogP contribution in [0, 0.1) is 0 Å². The molecule has 134 valence electrons. The predicted molar refractivity (Wildman–Crippen MR) is 102 cm³/mol. The van der Waals surface area contributed by atoms with Crippen LogP contribution < -0.4 is 9.62 Å². The lowest BCUT2D eigenvalue weighted by Crippen LogP contribution is -2.28. The van der Waals surface area contributed by atoms with E-state index in [4.69, 9.17) is 4.42 Å². The molecule has 1 aliphatic heterocycles. The summed E-state index contributed by atoms with van der Waals surface area (Å²) in [7, 11) is -2.14. The highest BCUT2D eigenvalue weighted by molar-refractivity contribution is 9.10. The summed E-state index contributed by atoms with van der Waals surface area (Å²) in [5, 5.41) is 0.845. The van der Waals surface area contributed by atoms with Gasteiger partial charge in [0, 0.05) is 17.6 Å². The molecule has 3 aromatic rings. The predicted octanol–water partition coefficient (Wildman–Crippen LogP) is 3.31. The van der Waals surface area contributed by atoms with Gasteiger partial charge in [-0.15, -0.1) is 0 Å². The quantitative estimate of drug-likeness (QED) is 0.685. The summed E-state index contributed by atoms with van der Waals surface area (Å²) in [5.41, 5.74) is 2.17. The maximum absolute atomic E-state index is 12.9. The van der Waals surface area contributed by atoms with Crippen molar-refractivity contribution in [3.05, 3.63) is 58.3 Å². The van der Waals surface area contributed by atoms with Crippen LogP contribution in [-0.2, 0) is 16.4 Å². The van der Waals surface area contributed by atoms with E-state index in [-0.39, 0.29) is 16.6 Å². The number of sulfonamides is 1. The molecule has 0 saturated heterocycles. The van der Waals surface area contributed by atoms with Crippen molar-refractivity contribution < 1.29 is 17.6 Å². The van der Waals surface area contributed by atoms with Gasteiger partial charge in [0.15, 0.2) is 5.76 Å². The van der Waals surface area contributed by atoms with Gasteiger partial charge in [0.2, 0.25) is 10.0 Å². The van der Waals surface area contributed by atoms with Gasteiger partial charge in [-0.2, -0.15) is 0 Å². The van der Waals surface area contributed by atoms with Gasteiger partial charge in [0.25, 0.3) is 5.91 Å². The second-order valence-corrected chi connectivity index (χ2v) is 8.71. The second kappa shape index (κ2) is 6.22. The van der Waals surface area contributed by atoms with Crippen LogP contribution in [-0.4, -0.2) is 27.9 Å². The Morgan fingerprint density at radius 1 is 1.23 bits per heavy atom. The molecule has 2 heterocycles. The molecule has 8 heteroatoms. The molecule has 0 spiro atoms. The molecule has 1 aliphatic rings. The Morgan fingerprint density at radius 2 is 2.04 bits per heavy atom. The number of benzene rings is 2. The molecule has 1 N–H and O–H groups in total. The molecule has 26 heavy (non-hydrogen) atoms. The molecular weight excluding hydrogens is 420 g/mol. The van der Waals surface area contributed by atoms with Gasteiger partial charge in [-0.3, -0.25) is 4.79 Å². The van der Waals surface area contributed by atoms with E-state index in [0.717, 1.165) is 15.4 Å². The third-order valence-corrected chi connectivity index (χ3v) is 6.51. The molecule has 4 rings (SSSR count). The largest absolute Gasteiger partial charge is 0.450 e. The van der Waals surface area contributed by atoms with Gasteiger partial charge in [0.05, 0.1) is 9.37 Å². The number of fused-ring (bicyclic) bond motifs is 2. The first-order valence-corrected chi connectivity index (χ1v) is 10.2. The van der Waals surface area contributed by atoms with Crippen LogP contribution in [0.3, 0.4) is 0 Å². The van der Waals surface area contributed by atoms with Crippen LogP contribution in [0.2, 0.25) is 0 Å². The maximum Gasteiger partial charge on any atom is 0.294 e. The van der Waals surface area contributed by atoms with Crippen LogP contribution in [0.5, 0.6) is 0 Å². The monoisotopic (exact) mass is 434 g/mol. The summed E-state index contributed by atoms with van der Waals surface area (Å²) in [6.07, 6.45) is 0.595. The van der Waals surface area contributed by atoms with Crippen molar-refractivity contribution in [2.45, 2.75) is 11.3 Å².